The van der Waals surface area contributed by atoms with Crippen LogP contribution < -0.4 is 5.69 Å². The third kappa shape index (κ3) is 3.72. The summed E-state index contributed by atoms with van der Waals surface area (Å²) in [6.07, 6.45) is 2.73. The number of hydrogen-bond acceptors (Lipinski definition) is 2. The second-order valence-corrected chi connectivity index (χ2v) is 6.89. The van der Waals surface area contributed by atoms with Gasteiger partial charge in [-0.2, -0.15) is 0 Å². The fourth-order valence-electron chi connectivity index (χ4n) is 3.26. The van der Waals surface area contributed by atoms with Crippen LogP contribution in [0.25, 0.3) is 11.1 Å². The van der Waals surface area contributed by atoms with Gasteiger partial charge in [0, 0.05) is 17.9 Å². The molecule has 2 aromatic carbocycles. The molecule has 3 rings (SSSR count). The lowest BCUT2D eigenvalue weighted by Crippen LogP contribution is -2.26. The van der Waals surface area contributed by atoms with E-state index < -0.39 is 5.97 Å². The number of aryl methyl sites for hydroxylation is 1. The van der Waals surface area contributed by atoms with E-state index in [1.165, 1.54) is 0 Å². The first-order chi connectivity index (χ1) is 12.9. The van der Waals surface area contributed by atoms with Crippen molar-refractivity contribution < 1.29 is 9.90 Å². The predicted octanol–water partition coefficient (Wildman–Crippen LogP) is 4.21. The number of nitrogens with zero attached hydrogens (tertiary/aromatic N) is 2. The first-order valence-electron chi connectivity index (χ1n) is 9.14. The monoisotopic (exact) mass is 364 g/mol. The van der Waals surface area contributed by atoms with E-state index in [0.29, 0.717) is 12.1 Å². The lowest BCUT2D eigenvalue weighted by Gasteiger charge is -2.09. The second-order valence-electron chi connectivity index (χ2n) is 6.89. The molecule has 0 bridgehead atoms. The molecule has 27 heavy (non-hydrogen) atoms. The third-order valence-electron chi connectivity index (χ3n) is 4.77. The second kappa shape index (κ2) is 7.66. The van der Waals surface area contributed by atoms with Crippen LogP contribution in [0.4, 0.5) is 0 Å². The zero-order chi connectivity index (χ0) is 19.6. The summed E-state index contributed by atoms with van der Waals surface area (Å²) in [5.74, 6) is -0.941. The highest BCUT2D eigenvalue weighted by molar-refractivity contribution is 5.95. The largest absolute Gasteiger partial charge is 0.478 e. The van der Waals surface area contributed by atoms with Crippen molar-refractivity contribution in [3.05, 3.63) is 82.0 Å². The molecular weight excluding hydrogens is 340 g/mol. The molecule has 1 N–H and O–H groups in total. The third-order valence-corrected chi connectivity index (χ3v) is 4.77. The highest BCUT2D eigenvalue weighted by Gasteiger charge is 2.13. The summed E-state index contributed by atoms with van der Waals surface area (Å²) in [7, 11) is 0. The summed E-state index contributed by atoms with van der Waals surface area (Å²) in [4.78, 5) is 24.1. The van der Waals surface area contributed by atoms with Crippen molar-refractivity contribution in [2.45, 2.75) is 39.8 Å². The summed E-state index contributed by atoms with van der Waals surface area (Å²) >= 11 is 0. The van der Waals surface area contributed by atoms with E-state index in [0.717, 1.165) is 23.2 Å². The first kappa shape index (κ1) is 18.7. The van der Waals surface area contributed by atoms with Gasteiger partial charge in [0.15, 0.2) is 0 Å². The van der Waals surface area contributed by atoms with Crippen LogP contribution in [-0.2, 0) is 13.0 Å². The number of aromatic nitrogens is 2. The zero-order valence-electron chi connectivity index (χ0n) is 15.8. The minimum Gasteiger partial charge on any atom is -0.478 e. The molecular formula is C22H24N2O3. The number of carbonyl (C=O) groups is 1. The Kier molecular flexibility index (Phi) is 5.31. The van der Waals surface area contributed by atoms with Crippen molar-refractivity contribution in [1.82, 2.24) is 9.13 Å². The molecule has 0 saturated heterocycles. The zero-order valence-corrected chi connectivity index (χ0v) is 15.8. The van der Waals surface area contributed by atoms with E-state index in [-0.39, 0.29) is 17.3 Å². The van der Waals surface area contributed by atoms with Crippen LogP contribution in [-0.4, -0.2) is 20.2 Å². The number of carboxylic acid groups (broad SMARTS) is 1. The average molecular weight is 364 g/mol. The van der Waals surface area contributed by atoms with Gasteiger partial charge in [0.2, 0.25) is 0 Å². The summed E-state index contributed by atoms with van der Waals surface area (Å²) in [5.41, 5.74) is 3.83. The van der Waals surface area contributed by atoms with Crippen LogP contribution in [0, 0.1) is 0 Å². The Balaban J connectivity index is 1.92. The van der Waals surface area contributed by atoms with Crippen molar-refractivity contribution >= 4 is 5.97 Å². The number of carboxylic acids is 1. The van der Waals surface area contributed by atoms with E-state index in [9.17, 15) is 14.7 Å². The van der Waals surface area contributed by atoms with Crippen molar-refractivity contribution in [1.29, 1.82) is 0 Å². The molecule has 0 aliphatic heterocycles. The molecule has 0 atom stereocenters. The molecule has 0 radical (unpaired) electrons. The van der Waals surface area contributed by atoms with Gasteiger partial charge < -0.3 is 5.11 Å². The minimum atomic E-state index is -0.941. The molecule has 5 nitrogen and oxygen atoms in total. The predicted molar refractivity (Wildman–Crippen MR) is 106 cm³/mol. The molecule has 0 aliphatic carbocycles. The van der Waals surface area contributed by atoms with Gasteiger partial charge in [0.1, 0.15) is 0 Å². The van der Waals surface area contributed by atoms with Gasteiger partial charge in [0.25, 0.3) is 0 Å². The van der Waals surface area contributed by atoms with Crippen LogP contribution in [0.15, 0.2) is 59.5 Å². The molecule has 1 heterocycles. The van der Waals surface area contributed by atoms with Gasteiger partial charge in [-0.1, -0.05) is 49.4 Å². The van der Waals surface area contributed by atoms with Crippen LogP contribution >= 0.6 is 0 Å². The maximum atomic E-state index is 12.7. The smallest absolute Gasteiger partial charge is 0.336 e. The Labute approximate surface area is 158 Å². The number of benzene rings is 2. The number of rotatable bonds is 6. The van der Waals surface area contributed by atoms with E-state index in [2.05, 4.69) is 0 Å². The quantitative estimate of drug-likeness (QED) is 0.713. The van der Waals surface area contributed by atoms with Gasteiger partial charge in [-0.05, 0) is 43.0 Å². The lowest BCUT2D eigenvalue weighted by molar-refractivity contribution is 0.0697. The average Bonchev–Trinajstić information content (AvgIpc) is 2.98. The standard InChI is InChI=1S/C22H24N2O3/c1-4-18-14-23(15(2)3)22(27)24(18)13-16-9-11-17(12-10-16)19-7-5-6-8-20(19)21(25)26/h5-12,14-15H,4,13H2,1-3H3,(H,25,26). The number of aromatic carboxylic acids is 1. The first-order valence-corrected chi connectivity index (χ1v) is 9.14. The highest BCUT2D eigenvalue weighted by Crippen LogP contribution is 2.24. The molecule has 1 aromatic heterocycles. The van der Waals surface area contributed by atoms with Crippen molar-refractivity contribution in [2.24, 2.45) is 0 Å². The van der Waals surface area contributed by atoms with Crippen LogP contribution in [0.2, 0.25) is 0 Å². The topological polar surface area (TPSA) is 64.2 Å². The Morgan fingerprint density at radius 1 is 1.07 bits per heavy atom. The molecule has 0 fully saturated rings. The molecule has 0 aliphatic rings. The molecule has 0 amide bonds. The SMILES string of the molecule is CCc1cn(C(C)C)c(=O)n1Cc1ccc(-c2ccccc2C(=O)O)cc1. The van der Waals surface area contributed by atoms with Crippen molar-refractivity contribution in [2.75, 3.05) is 0 Å². The van der Waals surface area contributed by atoms with Crippen LogP contribution in [0.3, 0.4) is 0 Å². The summed E-state index contributed by atoms with van der Waals surface area (Å²) in [6, 6.07) is 14.8. The van der Waals surface area contributed by atoms with E-state index in [1.807, 2.05) is 57.3 Å². The van der Waals surface area contributed by atoms with E-state index in [4.69, 9.17) is 0 Å². The van der Waals surface area contributed by atoms with Crippen molar-refractivity contribution in [3.63, 3.8) is 0 Å². The molecule has 0 spiro atoms. The van der Waals surface area contributed by atoms with Gasteiger partial charge >= 0.3 is 11.7 Å². The van der Waals surface area contributed by atoms with E-state index in [1.54, 1.807) is 27.3 Å². The fraction of sp³-hybridized carbons (Fsp3) is 0.273. The molecule has 140 valence electrons. The Morgan fingerprint density at radius 2 is 1.74 bits per heavy atom. The Morgan fingerprint density at radius 3 is 2.33 bits per heavy atom. The maximum Gasteiger partial charge on any atom is 0.336 e. The summed E-state index contributed by atoms with van der Waals surface area (Å²) in [6.45, 7) is 6.55. The van der Waals surface area contributed by atoms with E-state index >= 15 is 0 Å². The van der Waals surface area contributed by atoms with Crippen LogP contribution in [0.5, 0.6) is 0 Å². The summed E-state index contributed by atoms with van der Waals surface area (Å²) < 4.78 is 3.57. The highest BCUT2D eigenvalue weighted by atomic mass is 16.4. The molecule has 0 unspecified atom stereocenters. The molecule has 3 aromatic rings. The van der Waals surface area contributed by atoms with Gasteiger partial charge in [-0.3, -0.25) is 9.13 Å². The number of hydrogen-bond donors (Lipinski definition) is 1. The van der Waals surface area contributed by atoms with Gasteiger partial charge in [-0.25, -0.2) is 9.59 Å². The van der Waals surface area contributed by atoms with Crippen LogP contribution in [0.1, 0.15) is 48.4 Å². The molecule has 5 heteroatoms. The Bertz CT molecular complexity index is 1010. The van der Waals surface area contributed by atoms with Crippen molar-refractivity contribution in [3.8, 4) is 11.1 Å². The Hall–Kier alpha value is -3.08. The van der Waals surface area contributed by atoms with Gasteiger partial charge in [0.05, 0.1) is 12.1 Å². The fourth-order valence-corrected chi connectivity index (χ4v) is 3.26. The normalized spacial score (nSPS) is 11.1. The summed E-state index contributed by atoms with van der Waals surface area (Å²) in [5, 5.41) is 9.37. The maximum absolute atomic E-state index is 12.7. The number of imidazole rings is 1. The minimum absolute atomic E-state index is 0.00199. The van der Waals surface area contributed by atoms with Gasteiger partial charge in [-0.15, -0.1) is 0 Å². The molecule has 0 saturated carbocycles. The lowest BCUT2D eigenvalue weighted by atomic mass is 9.99.